The van der Waals surface area contributed by atoms with Gasteiger partial charge in [-0.3, -0.25) is 9.69 Å². The van der Waals surface area contributed by atoms with Crippen molar-refractivity contribution in [1.82, 2.24) is 24.6 Å². The van der Waals surface area contributed by atoms with E-state index in [1.807, 2.05) is 18.9 Å². The highest BCUT2D eigenvalue weighted by molar-refractivity contribution is 5.75. The molecule has 1 aromatic heterocycles. The summed E-state index contributed by atoms with van der Waals surface area (Å²) in [6.07, 6.45) is 4.06. The van der Waals surface area contributed by atoms with Gasteiger partial charge in [-0.05, 0) is 25.7 Å². The smallest absolute Gasteiger partial charge is 0.222 e. The Hall–Kier alpha value is -1.47. The third kappa shape index (κ3) is 3.78. The first-order valence-corrected chi connectivity index (χ1v) is 9.14. The average Bonchev–Trinajstić information content (AvgIpc) is 2.97. The Morgan fingerprint density at radius 2 is 1.79 bits per heavy atom. The number of likely N-dealkylation sites (tertiary alicyclic amines) is 2. The van der Waals surface area contributed by atoms with Crippen LogP contribution in [0.15, 0.2) is 0 Å². The fourth-order valence-electron chi connectivity index (χ4n) is 3.76. The van der Waals surface area contributed by atoms with E-state index < -0.39 is 0 Å². The molecule has 0 atom stereocenters. The molecule has 134 valence electrons. The summed E-state index contributed by atoms with van der Waals surface area (Å²) in [7, 11) is 2.05. The van der Waals surface area contributed by atoms with Gasteiger partial charge < -0.3 is 14.6 Å². The van der Waals surface area contributed by atoms with Gasteiger partial charge in [0.15, 0.2) is 0 Å². The highest BCUT2D eigenvalue weighted by atomic mass is 16.3. The highest BCUT2D eigenvalue weighted by Crippen LogP contribution is 2.27. The number of aromatic nitrogens is 3. The Labute approximate surface area is 143 Å². The molecule has 7 nitrogen and oxygen atoms in total. The van der Waals surface area contributed by atoms with E-state index in [4.69, 9.17) is 0 Å². The second-order valence-corrected chi connectivity index (χ2v) is 7.05. The fourth-order valence-corrected chi connectivity index (χ4v) is 3.76. The molecule has 24 heavy (non-hydrogen) atoms. The molecule has 0 spiro atoms. The molecule has 0 radical (unpaired) electrons. The summed E-state index contributed by atoms with van der Waals surface area (Å²) in [5.74, 6) is 2.68. The van der Waals surface area contributed by atoms with Gasteiger partial charge >= 0.3 is 0 Å². The summed E-state index contributed by atoms with van der Waals surface area (Å²) >= 11 is 0. The molecular weight excluding hydrogens is 306 g/mol. The Kier molecular flexibility index (Phi) is 5.50. The molecule has 0 aromatic carbocycles. The summed E-state index contributed by atoms with van der Waals surface area (Å²) < 4.78 is 2.13. The van der Waals surface area contributed by atoms with Crippen molar-refractivity contribution in [2.45, 2.75) is 57.6 Å². The molecular formula is C17H29N5O2. The molecule has 3 rings (SSSR count). The van der Waals surface area contributed by atoms with Gasteiger partial charge in [0.05, 0.1) is 12.6 Å². The number of piperidine rings is 2. The van der Waals surface area contributed by atoms with Crippen LogP contribution in [0.2, 0.25) is 0 Å². The Morgan fingerprint density at radius 1 is 1.12 bits per heavy atom. The zero-order chi connectivity index (χ0) is 17.1. The molecule has 2 aliphatic rings. The van der Waals surface area contributed by atoms with Crippen molar-refractivity contribution in [2.75, 3.05) is 26.2 Å². The summed E-state index contributed by atoms with van der Waals surface area (Å²) in [6.45, 7) is 6.20. The topological polar surface area (TPSA) is 74.5 Å². The van der Waals surface area contributed by atoms with E-state index in [0.717, 1.165) is 70.1 Å². The van der Waals surface area contributed by atoms with Gasteiger partial charge in [0.1, 0.15) is 11.6 Å². The maximum absolute atomic E-state index is 11.8. The van der Waals surface area contributed by atoms with Crippen LogP contribution in [0.3, 0.4) is 0 Å². The van der Waals surface area contributed by atoms with Crippen LogP contribution in [0.5, 0.6) is 0 Å². The number of aliphatic hydroxyl groups is 1. The first-order valence-electron chi connectivity index (χ1n) is 9.14. The van der Waals surface area contributed by atoms with Crippen LogP contribution in [-0.4, -0.2) is 67.9 Å². The van der Waals surface area contributed by atoms with E-state index in [-0.39, 0.29) is 12.0 Å². The molecule has 3 heterocycles. The second kappa shape index (κ2) is 7.61. The lowest BCUT2D eigenvalue weighted by Crippen LogP contribution is -2.38. The Bertz CT molecular complexity index is 557. The van der Waals surface area contributed by atoms with E-state index >= 15 is 0 Å². The zero-order valence-electron chi connectivity index (χ0n) is 14.8. The molecule has 1 aromatic rings. The molecule has 2 aliphatic heterocycles. The van der Waals surface area contributed by atoms with Crippen molar-refractivity contribution >= 4 is 5.91 Å². The number of carbonyl (C=O) groups is 1. The van der Waals surface area contributed by atoms with Crippen molar-refractivity contribution in [1.29, 1.82) is 0 Å². The number of amides is 1. The normalized spacial score (nSPS) is 21.4. The van der Waals surface area contributed by atoms with Crippen molar-refractivity contribution in [2.24, 2.45) is 7.05 Å². The van der Waals surface area contributed by atoms with Gasteiger partial charge in [-0.25, -0.2) is 0 Å². The monoisotopic (exact) mass is 335 g/mol. The Balaban J connectivity index is 1.58. The molecule has 1 amide bonds. The van der Waals surface area contributed by atoms with E-state index in [1.54, 1.807) is 0 Å². The zero-order valence-corrected chi connectivity index (χ0v) is 14.8. The molecule has 0 unspecified atom stereocenters. The first-order chi connectivity index (χ1) is 11.6. The quantitative estimate of drug-likeness (QED) is 0.884. The Morgan fingerprint density at radius 3 is 2.42 bits per heavy atom. The van der Waals surface area contributed by atoms with E-state index in [0.29, 0.717) is 12.3 Å². The van der Waals surface area contributed by atoms with Crippen LogP contribution in [0.1, 0.15) is 56.6 Å². The summed E-state index contributed by atoms with van der Waals surface area (Å²) in [5.41, 5.74) is 0. The van der Waals surface area contributed by atoms with Crippen molar-refractivity contribution in [3.05, 3.63) is 11.6 Å². The van der Waals surface area contributed by atoms with Crippen LogP contribution < -0.4 is 0 Å². The lowest BCUT2D eigenvalue weighted by molar-refractivity contribution is -0.131. The minimum absolute atomic E-state index is 0.146. The van der Waals surface area contributed by atoms with Crippen molar-refractivity contribution in [3.63, 3.8) is 0 Å². The number of rotatable bonds is 4. The molecule has 0 bridgehead atoms. The second-order valence-electron chi connectivity index (χ2n) is 7.05. The first kappa shape index (κ1) is 17.4. The third-order valence-corrected chi connectivity index (χ3v) is 5.44. The summed E-state index contributed by atoms with van der Waals surface area (Å²) in [5, 5.41) is 18.5. The molecule has 1 N–H and O–H groups in total. The molecule has 2 saturated heterocycles. The van der Waals surface area contributed by atoms with Crippen molar-refractivity contribution < 1.29 is 9.90 Å². The maximum atomic E-state index is 11.8. The predicted octanol–water partition coefficient (Wildman–Crippen LogP) is 0.888. The molecule has 2 fully saturated rings. The van der Waals surface area contributed by atoms with Gasteiger partial charge in [0, 0.05) is 45.6 Å². The van der Waals surface area contributed by atoms with Crippen molar-refractivity contribution in [3.8, 4) is 0 Å². The van der Waals surface area contributed by atoms with Gasteiger partial charge in [0.2, 0.25) is 5.91 Å². The lowest BCUT2D eigenvalue weighted by Gasteiger charge is -2.31. The fraction of sp³-hybridized carbons (Fsp3) is 0.824. The van der Waals surface area contributed by atoms with Crippen LogP contribution in [0, 0.1) is 0 Å². The summed E-state index contributed by atoms with van der Waals surface area (Å²) in [6, 6.07) is 0. The minimum Gasteiger partial charge on any atom is -0.393 e. The number of aliphatic hydroxyl groups excluding tert-OH is 1. The number of carbonyl (C=O) groups excluding carboxylic acids is 1. The largest absolute Gasteiger partial charge is 0.393 e. The SMILES string of the molecule is CCC(=O)N1CCC(c2nnc(CN3CCC(O)CC3)n2C)CC1. The number of hydrogen-bond donors (Lipinski definition) is 1. The van der Waals surface area contributed by atoms with Gasteiger partial charge in [-0.1, -0.05) is 6.92 Å². The molecule has 7 heteroatoms. The van der Waals surface area contributed by atoms with Gasteiger partial charge in [0.25, 0.3) is 0 Å². The summed E-state index contributed by atoms with van der Waals surface area (Å²) in [4.78, 5) is 16.1. The highest BCUT2D eigenvalue weighted by Gasteiger charge is 2.27. The average molecular weight is 335 g/mol. The number of hydrogen-bond acceptors (Lipinski definition) is 5. The van der Waals surface area contributed by atoms with Gasteiger partial charge in [-0.15, -0.1) is 10.2 Å². The lowest BCUT2D eigenvalue weighted by atomic mass is 9.95. The van der Waals surface area contributed by atoms with Crippen LogP contribution in [-0.2, 0) is 18.4 Å². The molecule has 0 saturated carbocycles. The standard InChI is InChI=1S/C17H29N5O2/c1-3-16(24)22-10-4-13(5-11-22)17-19-18-15(20(17)2)12-21-8-6-14(23)7-9-21/h13-14,23H,3-12H2,1-2H3. The van der Waals surface area contributed by atoms with Crippen LogP contribution in [0.25, 0.3) is 0 Å². The van der Waals surface area contributed by atoms with Gasteiger partial charge in [-0.2, -0.15) is 0 Å². The van der Waals surface area contributed by atoms with E-state index in [1.165, 1.54) is 0 Å². The maximum Gasteiger partial charge on any atom is 0.222 e. The van der Waals surface area contributed by atoms with E-state index in [9.17, 15) is 9.90 Å². The molecule has 0 aliphatic carbocycles. The van der Waals surface area contributed by atoms with Crippen LogP contribution >= 0.6 is 0 Å². The van der Waals surface area contributed by atoms with Crippen LogP contribution in [0.4, 0.5) is 0 Å². The number of nitrogens with zero attached hydrogens (tertiary/aromatic N) is 5. The minimum atomic E-state index is -0.146. The third-order valence-electron chi connectivity index (χ3n) is 5.44. The van der Waals surface area contributed by atoms with E-state index in [2.05, 4.69) is 19.7 Å². The predicted molar refractivity (Wildman–Crippen MR) is 90.4 cm³/mol.